The summed E-state index contributed by atoms with van der Waals surface area (Å²) in [6, 6.07) is 11.0. The minimum Gasteiger partial charge on any atom is -0.494 e. The lowest BCUT2D eigenvalue weighted by atomic mass is 10.2. The first-order valence-electron chi connectivity index (χ1n) is 8.44. The Balaban J connectivity index is 1.88. The highest BCUT2D eigenvalue weighted by Crippen LogP contribution is 2.23. The molecular weight excluding hydrogens is 318 g/mol. The van der Waals surface area contributed by atoms with E-state index in [1.54, 1.807) is 6.20 Å². The average Bonchev–Trinajstić information content (AvgIpc) is 2.60. The van der Waals surface area contributed by atoms with E-state index in [4.69, 9.17) is 15.2 Å². The highest BCUT2D eigenvalue weighted by Gasteiger charge is 2.05. The number of amides is 1. The monoisotopic (exact) mass is 343 g/mol. The third-order valence-electron chi connectivity index (χ3n) is 3.47. The first kappa shape index (κ1) is 18.7. The van der Waals surface area contributed by atoms with Crippen LogP contribution in [0.4, 0.5) is 0 Å². The standard InChI is InChI=1S/C19H25N3O3/c1-3-24-16-5-7-17(8-6-16)25-19-12-15(10-11-21-19)13-22-18(23)9-4-14(2)20/h5-8,10-12,14H,3-4,9,13,20H2,1-2H3,(H,22,23). The number of rotatable bonds is 9. The Morgan fingerprint density at radius 1 is 1.24 bits per heavy atom. The second kappa shape index (κ2) is 9.64. The minimum atomic E-state index is -0.0110. The molecule has 0 spiro atoms. The van der Waals surface area contributed by atoms with Gasteiger partial charge in [-0.1, -0.05) is 0 Å². The number of carbonyl (C=O) groups is 1. The van der Waals surface area contributed by atoms with Gasteiger partial charge in [-0.15, -0.1) is 0 Å². The van der Waals surface area contributed by atoms with Crippen molar-refractivity contribution < 1.29 is 14.3 Å². The summed E-state index contributed by atoms with van der Waals surface area (Å²) in [5.74, 6) is 1.94. The fourth-order valence-electron chi connectivity index (χ4n) is 2.16. The summed E-state index contributed by atoms with van der Waals surface area (Å²) in [5.41, 5.74) is 6.58. The van der Waals surface area contributed by atoms with Crippen molar-refractivity contribution in [3.8, 4) is 17.4 Å². The summed E-state index contributed by atoms with van der Waals surface area (Å²) in [4.78, 5) is 16.0. The number of carbonyl (C=O) groups excluding carboxylic acids is 1. The van der Waals surface area contributed by atoms with Gasteiger partial charge in [-0.3, -0.25) is 4.79 Å². The maximum Gasteiger partial charge on any atom is 0.220 e. The Labute approximate surface area is 148 Å². The predicted octanol–water partition coefficient (Wildman–Crippen LogP) is 3.02. The van der Waals surface area contributed by atoms with Crippen LogP contribution in [0.15, 0.2) is 42.6 Å². The number of nitrogens with one attached hydrogen (secondary N) is 1. The Morgan fingerprint density at radius 2 is 1.96 bits per heavy atom. The zero-order chi connectivity index (χ0) is 18.1. The number of hydrogen-bond donors (Lipinski definition) is 2. The van der Waals surface area contributed by atoms with Crippen LogP contribution in [-0.4, -0.2) is 23.5 Å². The van der Waals surface area contributed by atoms with Crippen LogP contribution >= 0.6 is 0 Å². The Hall–Kier alpha value is -2.60. The summed E-state index contributed by atoms with van der Waals surface area (Å²) in [6.45, 7) is 4.88. The Morgan fingerprint density at radius 3 is 2.64 bits per heavy atom. The van der Waals surface area contributed by atoms with Gasteiger partial charge in [0.25, 0.3) is 0 Å². The summed E-state index contributed by atoms with van der Waals surface area (Å²) in [7, 11) is 0. The zero-order valence-corrected chi connectivity index (χ0v) is 14.7. The molecular formula is C19H25N3O3. The van der Waals surface area contributed by atoms with Gasteiger partial charge in [-0.25, -0.2) is 4.98 Å². The molecule has 1 atom stereocenters. The number of hydrogen-bond acceptors (Lipinski definition) is 5. The second-order valence-electron chi connectivity index (χ2n) is 5.80. The number of nitrogens with two attached hydrogens (primary N) is 1. The van der Waals surface area contributed by atoms with Gasteiger partial charge >= 0.3 is 0 Å². The quantitative estimate of drug-likeness (QED) is 0.731. The highest BCUT2D eigenvalue weighted by molar-refractivity contribution is 5.75. The molecule has 1 heterocycles. The van der Waals surface area contributed by atoms with Crippen molar-refractivity contribution in [3.63, 3.8) is 0 Å². The lowest BCUT2D eigenvalue weighted by molar-refractivity contribution is -0.121. The third kappa shape index (κ3) is 6.81. The molecule has 2 aromatic rings. The summed E-state index contributed by atoms with van der Waals surface area (Å²) >= 11 is 0. The van der Waals surface area contributed by atoms with E-state index in [1.807, 2.05) is 50.2 Å². The molecule has 1 aromatic carbocycles. The molecule has 0 radical (unpaired) electrons. The van der Waals surface area contributed by atoms with E-state index < -0.39 is 0 Å². The molecule has 2 rings (SSSR count). The van der Waals surface area contributed by atoms with Crippen LogP contribution in [0.3, 0.4) is 0 Å². The molecule has 1 amide bonds. The third-order valence-corrected chi connectivity index (χ3v) is 3.47. The van der Waals surface area contributed by atoms with Crippen LogP contribution in [0, 0.1) is 0 Å². The van der Waals surface area contributed by atoms with Gasteiger partial charge in [-0.2, -0.15) is 0 Å². The molecule has 0 bridgehead atoms. The van der Waals surface area contributed by atoms with Crippen molar-refractivity contribution in [2.24, 2.45) is 5.73 Å². The van der Waals surface area contributed by atoms with Crippen molar-refractivity contribution in [2.45, 2.75) is 39.3 Å². The maximum absolute atomic E-state index is 11.8. The van der Waals surface area contributed by atoms with E-state index in [0.717, 1.165) is 11.3 Å². The van der Waals surface area contributed by atoms with Crippen molar-refractivity contribution in [1.29, 1.82) is 0 Å². The molecule has 0 fully saturated rings. The molecule has 1 unspecified atom stereocenters. The van der Waals surface area contributed by atoms with Gasteiger partial charge in [0.2, 0.25) is 11.8 Å². The van der Waals surface area contributed by atoms with Crippen LogP contribution in [0.2, 0.25) is 0 Å². The molecule has 134 valence electrons. The summed E-state index contributed by atoms with van der Waals surface area (Å²) in [5, 5.41) is 2.87. The van der Waals surface area contributed by atoms with Crippen LogP contribution in [-0.2, 0) is 11.3 Å². The molecule has 0 aliphatic carbocycles. The molecule has 0 aliphatic heterocycles. The van der Waals surface area contributed by atoms with Crippen LogP contribution in [0.25, 0.3) is 0 Å². The summed E-state index contributed by atoms with van der Waals surface area (Å²) in [6.07, 6.45) is 2.76. The van der Waals surface area contributed by atoms with E-state index in [0.29, 0.717) is 37.6 Å². The van der Waals surface area contributed by atoms with E-state index in [2.05, 4.69) is 10.3 Å². The van der Waals surface area contributed by atoms with Gasteiger partial charge < -0.3 is 20.5 Å². The van der Waals surface area contributed by atoms with Gasteiger partial charge in [-0.05, 0) is 56.2 Å². The molecule has 1 aromatic heterocycles. The molecule has 25 heavy (non-hydrogen) atoms. The zero-order valence-electron chi connectivity index (χ0n) is 14.7. The van der Waals surface area contributed by atoms with Crippen molar-refractivity contribution in [1.82, 2.24) is 10.3 Å². The number of benzene rings is 1. The first-order chi connectivity index (χ1) is 12.1. The Kier molecular flexibility index (Phi) is 7.22. The van der Waals surface area contributed by atoms with Crippen LogP contribution in [0.1, 0.15) is 32.3 Å². The second-order valence-corrected chi connectivity index (χ2v) is 5.80. The van der Waals surface area contributed by atoms with E-state index in [9.17, 15) is 4.79 Å². The average molecular weight is 343 g/mol. The lowest BCUT2D eigenvalue weighted by Gasteiger charge is -2.09. The molecule has 6 nitrogen and oxygen atoms in total. The van der Waals surface area contributed by atoms with E-state index in [-0.39, 0.29) is 11.9 Å². The maximum atomic E-state index is 11.8. The van der Waals surface area contributed by atoms with Gasteiger partial charge in [0.15, 0.2) is 0 Å². The molecule has 0 saturated carbocycles. The van der Waals surface area contributed by atoms with Crippen molar-refractivity contribution >= 4 is 5.91 Å². The topological polar surface area (TPSA) is 86.5 Å². The van der Waals surface area contributed by atoms with Crippen molar-refractivity contribution in [3.05, 3.63) is 48.2 Å². The van der Waals surface area contributed by atoms with Gasteiger partial charge in [0, 0.05) is 31.3 Å². The minimum absolute atomic E-state index is 0.0110. The number of aromatic nitrogens is 1. The normalized spacial score (nSPS) is 11.6. The fraction of sp³-hybridized carbons (Fsp3) is 0.368. The smallest absolute Gasteiger partial charge is 0.220 e. The lowest BCUT2D eigenvalue weighted by Crippen LogP contribution is -2.25. The van der Waals surface area contributed by atoms with Crippen molar-refractivity contribution in [2.75, 3.05) is 6.61 Å². The van der Waals surface area contributed by atoms with Gasteiger partial charge in [0.1, 0.15) is 11.5 Å². The summed E-state index contributed by atoms with van der Waals surface area (Å²) < 4.78 is 11.1. The number of nitrogens with zero attached hydrogens (tertiary/aromatic N) is 1. The molecule has 6 heteroatoms. The Bertz CT molecular complexity index is 672. The molecule has 0 saturated heterocycles. The fourth-order valence-corrected chi connectivity index (χ4v) is 2.16. The van der Waals surface area contributed by atoms with E-state index >= 15 is 0 Å². The first-order valence-corrected chi connectivity index (χ1v) is 8.44. The SMILES string of the molecule is CCOc1ccc(Oc2cc(CNC(=O)CCC(C)N)ccn2)cc1. The predicted molar refractivity (Wildman–Crippen MR) is 96.7 cm³/mol. The van der Waals surface area contributed by atoms with Gasteiger partial charge in [0.05, 0.1) is 6.61 Å². The largest absolute Gasteiger partial charge is 0.494 e. The molecule has 0 aliphatic rings. The number of ether oxygens (including phenoxy) is 2. The van der Waals surface area contributed by atoms with E-state index in [1.165, 1.54) is 0 Å². The highest BCUT2D eigenvalue weighted by atomic mass is 16.5. The van der Waals surface area contributed by atoms with Crippen LogP contribution < -0.4 is 20.5 Å². The molecule has 3 N–H and O–H groups in total. The number of pyridine rings is 1. The van der Waals surface area contributed by atoms with Crippen LogP contribution in [0.5, 0.6) is 17.4 Å².